The Morgan fingerprint density at radius 3 is 2.38 bits per heavy atom. The van der Waals surface area contributed by atoms with Gasteiger partial charge in [0.25, 0.3) is 0 Å². The molecule has 0 aromatic heterocycles. The van der Waals surface area contributed by atoms with Gasteiger partial charge in [0.05, 0.1) is 17.9 Å². The van der Waals surface area contributed by atoms with E-state index in [-0.39, 0.29) is 23.9 Å². The number of hydrogen-bond donors (Lipinski definition) is 0. The summed E-state index contributed by atoms with van der Waals surface area (Å²) in [5, 5.41) is 9.00. The lowest BCUT2D eigenvalue weighted by Crippen LogP contribution is -2.31. The highest BCUT2D eigenvalue weighted by atomic mass is 16.5. The van der Waals surface area contributed by atoms with Crippen LogP contribution in [0.5, 0.6) is 0 Å². The average Bonchev–Trinajstić information content (AvgIpc) is 2.83. The van der Waals surface area contributed by atoms with Gasteiger partial charge in [-0.15, -0.1) is 0 Å². The summed E-state index contributed by atoms with van der Waals surface area (Å²) in [4.78, 5) is 11.8. The highest BCUT2D eigenvalue weighted by Gasteiger charge is 2.31. The third-order valence-electron chi connectivity index (χ3n) is 3.82. The van der Waals surface area contributed by atoms with E-state index >= 15 is 0 Å². The molecule has 0 radical (unpaired) electrons. The topological polar surface area (TPSA) is 50.1 Å². The van der Waals surface area contributed by atoms with Crippen molar-refractivity contribution in [3.8, 4) is 6.07 Å². The van der Waals surface area contributed by atoms with E-state index in [2.05, 4.69) is 6.07 Å². The van der Waals surface area contributed by atoms with Crippen LogP contribution < -0.4 is 0 Å². The molecule has 0 amide bonds. The summed E-state index contributed by atoms with van der Waals surface area (Å²) in [6, 6.07) is 2.27. The Morgan fingerprint density at radius 2 is 1.69 bits per heavy atom. The Labute approximate surface area is 96.8 Å². The van der Waals surface area contributed by atoms with Gasteiger partial charge in [-0.05, 0) is 32.1 Å². The molecule has 0 aromatic rings. The van der Waals surface area contributed by atoms with E-state index in [0.717, 1.165) is 51.4 Å². The van der Waals surface area contributed by atoms with Crippen LogP contribution >= 0.6 is 0 Å². The smallest absolute Gasteiger partial charge is 0.309 e. The van der Waals surface area contributed by atoms with Crippen molar-refractivity contribution in [2.24, 2.45) is 11.8 Å². The van der Waals surface area contributed by atoms with Crippen molar-refractivity contribution in [2.75, 3.05) is 0 Å². The molecule has 2 saturated carbocycles. The molecule has 2 aliphatic rings. The van der Waals surface area contributed by atoms with Crippen molar-refractivity contribution in [1.82, 2.24) is 0 Å². The van der Waals surface area contributed by atoms with Crippen LogP contribution in [0.2, 0.25) is 0 Å². The van der Waals surface area contributed by atoms with Crippen molar-refractivity contribution < 1.29 is 9.53 Å². The summed E-state index contributed by atoms with van der Waals surface area (Å²) in [7, 11) is 0. The quantitative estimate of drug-likeness (QED) is 0.674. The molecule has 0 unspecified atom stereocenters. The molecule has 2 atom stereocenters. The molecular weight excluding hydrogens is 202 g/mol. The lowest BCUT2D eigenvalue weighted by Gasteiger charge is -2.27. The van der Waals surface area contributed by atoms with E-state index in [1.807, 2.05) is 0 Å². The normalized spacial score (nSPS) is 30.9. The molecule has 0 bridgehead atoms. The van der Waals surface area contributed by atoms with Crippen molar-refractivity contribution in [3.63, 3.8) is 0 Å². The first kappa shape index (κ1) is 11.4. The molecule has 16 heavy (non-hydrogen) atoms. The molecule has 0 spiro atoms. The lowest BCUT2D eigenvalue weighted by molar-refractivity contribution is -0.157. The summed E-state index contributed by atoms with van der Waals surface area (Å²) in [5.41, 5.74) is 0. The maximum absolute atomic E-state index is 11.8. The van der Waals surface area contributed by atoms with Gasteiger partial charge in [-0.1, -0.05) is 19.3 Å². The summed E-state index contributed by atoms with van der Waals surface area (Å²) in [6.45, 7) is 0. The van der Waals surface area contributed by atoms with Crippen molar-refractivity contribution in [2.45, 2.75) is 57.5 Å². The minimum atomic E-state index is -0.133. The lowest BCUT2D eigenvalue weighted by atomic mass is 9.87. The van der Waals surface area contributed by atoms with Gasteiger partial charge in [-0.2, -0.15) is 5.26 Å². The number of nitrogens with zero attached hydrogens (tertiary/aromatic N) is 1. The summed E-state index contributed by atoms with van der Waals surface area (Å²) >= 11 is 0. The average molecular weight is 221 g/mol. The summed E-state index contributed by atoms with van der Waals surface area (Å²) in [5.74, 6) is -0.00924. The molecule has 2 aliphatic carbocycles. The zero-order valence-corrected chi connectivity index (χ0v) is 9.65. The van der Waals surface area contributed by atoms with E-state index in [1.165, 1.54) is 0 Å². The number of nitriles is 1. The largest absolute Gasteiger partial charge is 0.461 e. The summed E-state index contributed by atoms with van der Waals surface area (Å²) in [6.07, 6.45) is 8.04. The second-order valence-corrected chi connectivity index (χ2v) is 4.98. The molecule has 0 saturated heterocycles. The highest BCUT2D eigenvalue weighted by molar-refractivity contribution is 5.72. The maximum atomic E-state index is 11.8. The monoisotopic (exact) mass is 221 g/mol. The second kappa shape index (κ2) is 5.34. The fourth-order valence-corrected chi connectivity index (χ4v) is 2.79. The number of carbonyl (C=O) groups excluding carboxylic acids is 1. The van der Waals surface area contributed by atoms with Crippen LogP contribution in [-0.4, -0.2) is 12.1 Å². The first-order valence-corrected chi connectivity index (χ1v) is 6.41. The fourth-order valence-electron chi connectivity index (χ4n) is 2.79. The minimum absolute atomic E-state index is 0.0512. The molecule has 0 aromatic carbocycles. The van der Waals surface area contributed by atoms with Gasteiger partial charge in [0.1, 0.15) is 6.10 Å². The second-order valence-electron chi connectivity index (χ2n) is 4.98. The van der Waals surface area contributed by atoms with Crippen LogP contribution in [0.15, 0.2) is 0 Å². The van der Waals surface area contributed by atoms with E-state index in [4.69, 9.17) is 10.00 Å². The standard InChI is InChI=1S/C13H19NO2/c14-9-11-7-3-4-8-12(11)16-13(15)10-5-1-2-6-10/h10-12H,1-8H2/t11-,12-/m0/s1. The maximum Gasteiger partial charge on any atom is 0.309 e. The Kier molecular flexibility index (Phi) is 3.82. The number of hydrogen-bond acceptors (Lipinski definition) is 3. The Hall–Kier alpha value is -1.04. The molecule has 0 aliphatic heterocycles. The van der Waals surface area contributed by atoms with Crippen LogP contribution in [-0.2, 0) is 9.53 Å². The molecule has 88 valence electrons. The molecule has 3 nitrogen and oxygen atoms in total. The van der Waals surface area contributed by atoms with E-state index in [0.29, 0.717) is 0 Å². The highest BCUT2D eigenvalue weighted by Crippen LogP contribution is 2.30. The van der Waals surface area contributed by atoms with Gasteiger partial charge in [-0.25, -0.2) is 0 Å². The molecule has 3 heteroatoms. The van der Waals surface area contributed by atoms with Crippen LogP contribution in [0, 0.1) is 23.2 Å². The van der Waals surface area contributed by atoms with Crippen LogP contribution in [0.3, 0.4) is 0 Å². The number of rotatable bonds is 2. The fraction of sp³-hybridized carbons (Fsp3) is 0.846. The van der Waals surface area contributed by atoms with Crippen LogP contribution in [0.25, 0.3) is 0 Å². The molecule has 2 rings (SSSR count). The molecule has 0 heterocycles. The zero-order chi connectivity index (χ0) is 11.4. The third kappa shape index (κ3) is 2.55. The molecular formula is C13H19NO2. The van der Waals surface area contributed by atoms with Crippen LogP contribution in [0.1, 0.15) is 51.4 Å². The number of esters is 1. The minimum Gasteiger partial charge on any atom is -0.461 e. The Bertz CT molecular complexity index is 289. The number of carbonyl (C=O) groups is 1. The predicted octanol–water partition coefficient (Wildman–Crippen LogP) is 2.80. The van der Waals surface area contributed by atoms with Gasteiger partial charge in [0.15, 0.2) is 0 Å². The SMILES string of the molecule is N#C[C@@H]1CCCC[C@@H]1OC(=O)C1CCCC1. The van der Waals surface area contributed by atoms with E-state index < -0.39 is 0 Å². The molecule has 0 N–H and O–H groups in total. The predicted molar refractivity (Wildman–Crippen MR) is 59.4 cm³/mol. The molecule has 2 fully saturated rings. The first-order valence-electron chi connectivity index (χ1n) is 6.41. The van der Waals surface area contributed by atoms with Gasteiger partial charge in [-0.3, -0.25) is 4.79 Å². The van der Waals surface area contributed by atoms with Crippen molar-refractivity contribution in [3.05, 3.63) is 0 Å². The van der Waals surface area contributed by atoms with Gasteiger partial charge in [0, 0.05) is 0 Å². The summed E-state index contributed by atoms with van der Waals surface area (Å²) < 4.78 is 5.52. The first-order chi connectivity index (χ1) is 7.81. The Morgan fingerprint density at radius 1 is 1.06 bits per heavy atom. The van der Waals surface area contributed by atoms with Gasteiger partial charge < -0.3 is 4.74 Å². The third-order valence-corrected chi connectivity index (χ3v) is 3.82. The Balaban J connectivity index is 1.87. The van der Waals surface area contributed by atoms with Crippen LogP contribution in [0.4, 0.5) is 0 Å². The van der Waals surface area contributed by atoms with E-state index in [1.54, 1.807) is 0 Å². The zero-order valence-electron chi connectivity index (χ0n) is 9.65. The van der Waals surface area contributed by atoms with Crippen molar-refractivity contribution >= 4 is 5.97 Å². The van der Waals surface area contributed by atoms with Gasteiger partial charge >= 0.3 is 5.97 Å². The van der Waals surface area contributed by atoms with E-state index in [9.17, 15) is 4.79 Å². The van der Waals surface area contributed by atoms with Gasteiger partial charge in [0.2, 0.25) is 0 Å². The number of ether oxygens (including phenoxy) is 1. The van der Waals surface area contributed by atoms with Crippen molar-refractivity contribution in [1.29, 1.82) is 5.26 Å².